The van der Waals surface area contributed by atoms with E-state index in [-0.39, 0.29) is 33.2 Å². The van der Waals surface area contributed by atoms with E-state index in [1.54, 1.807) is 40.2 Å². The van der Waals surface area contributed by atoms with Crippen molar-refractivity contribution in [3.05, 3.63) is 0 Å². The Kier molecular flexibility index (Phi) is 69.0. The van der Waals surface area contributed by atoms with Crippen LogP contribution in [0.5, 0.6) is 0 Å². The van der Waals surface area contributed by atoms with Crippen molar-refractivity contribution in [2.45, 2.75) is 52.9 Å². The van der Waals surface area contributed by atoms with Gasteiger partial charge in [0.1, 0.15) is 6.10 Å². The van der Waals surface area contributed by atoms with Gasteiger partial charge in [-0.2, -0.15) is 11.8 Å². The summed E-state index contributed by atoms with van der Waals surface area (Å²) in [6.07, 6.45) is 5.24. The Balaban J connectivity index is -0.00000326. The van der Waals surface area contributed by atoms with Crippen LogP contribution in [0.4, 0.5) is 0 Å². The minimum absolute atomic E-state index is 0. The fraction of sp³-hybridized carbons (Fsp3) is 1.00. The Hall–Kier alpha value is -0.370. The number of hydrogen-bond donors (Lipinski definition) is 0. The molecule has 380 valence electrons. The average molecular weight is 931 g/mol. The van der Waals surface area contributed by atoms with Crippen LogP contribution in [0, 0.1) is 0 Å². The molecule has 0 aromatic carbocycles. The van der Waals surface area contributed by atoms with Gasteiger partial charge >= 0.3 is 0 Å². The lowest BCUT2D eigenvalue weighted by Crippen LogP contribution is -2.29. The molecule has 0 bridgehead atoms. The molecule has 0 radical (unpaired) electrons. The number of ether oxygens (including phenoxy) is 18. The highest BCUT2D eigenvalue weighted by Gasteiger charge is 2.12. The molecule has 0 aliphatic carbocycles. The molecule has 0 aromatic heterocycles. The molecule has 3 unspecified atom stereocenters. The predicted molar refractivity (Wildman–Crippen MR) is 244 cm³/mol. The van der Waals surface area contributed by atoms with Gasteiger partial charge in [0, 0.05) is 35.0 Å². The molecule has 19 heteroatoms. The molecule has 0 fully saturated rings. The van der Waals surface area contributed by atoms with E-state index in [0.29, 0.717) is 198 Å². The second-order valence-electron chi connectivity index (χ2n) is 12.6. The highest BCUT2D eigenvalue weighted by Crippen LogP contribution is 2.03. The second-order valence-corrected chi connectivity index (χ2v) is 13.5. The van der Waals surface area contributed by atoms with Gasteiger partial charge in [0.15, 0.2) is 0 Å². The predicted octanol–water partition coefficient (Wildman–Crippen LogP) is 3.96. The smallest absolute Gasteiger partial charge is 0.104 e. The molecule has 0 spiro atoms. The summed E-state index contributed by atoms with van der Waals surface area (Å²) in [6, 6.07) is 0. The van der Waals surface area contributed by atoms with E-state index in [4.69, 9.17) is 85.3 Å². The standard InChI is InChI=1S/C39H80O18.C2H6S.2CH4/c1-6-37(33-51-23-21-49-22-26-54-36-39(57-32-29-48-16-12-43-5)35-53-25-20-46-14-10-41-3)55-30-27-50-18-17-44-8-7-38(56-31-28-47-15-11-42-4)34-52-24-19-45-13-9-40-2;1-3-2;;/h37-39H,6-36H2,1-5H3;1-2H3;2*1H4. The Morgan fingerprint density at radius 3 is 0.839 bits per heavy atom. The maximum Gasteiger partial charge on any atom is 0.104 e. The summed E-state index contributed by atoms with van der Waals surface area (Å²) in [5.41, 5.74) is 0. The lowest BCUT2D eigenvalue weighted by Gasteiger charge is -2.19. The van der Waals surface area contributed by atoms with Crippen molar-refractivity contribution in [1.82, 2.24) is 0 Å². The zero-order valence-electron chi connectivity index (χ0n) is 38.4. The summed E-state index contributed by atoms with van der Waals surface area (Å²) in [7, 11) is 6.57. The molecule has 18 nitrogen and oxygen atoms in total. The van der Waals surface area contributed by atoms with Crippen molar-refractivity contribution >= 4 is 11.8 Å². The summed E-state index contributed by atoms with van der Waals surface area (Å²) in [6.45, 7) is 16.1. The van der Waals surface area contributed by atoms with Crippen LogP contribution in [-0.2, 0) is 85.3 Å². The maximum absolute atomic E-state index is 5.95. The van der Waals surface area contributed by atoms with Crippen LogP contribution in [0.15, 0.2) is 0 Å². The van der Waals surface area contributed by atoms with Crippen LogP contribution in [0.3, 0.4) is 0 Å². The van der Waals surface area contributed by atoms with E-state index >= 15 is 0 Å². The Morgan fingerprint density at radius 1 is 0.290 bits per heavy atom. The topological polar surface area (TPSA) is 166 Å². The minimum atomic E-state index is -0.232. The summed E-state index contributed by atoms with van der Waals surface area (Å²) in [4.78, 5) is 0. The van der Waals surface area contributed by atoms with Crippen LogP contribution < -0.4 is 0 Å². The first kappa shape index (κ1) is 68.2. The molecule has 0 amide bonds. The van der Waals surface area contributed by atoms with Crippen LogP contribution in [0.2, 0.25) is 0 Å². The SMILES string of the molecule is C.C.CCC(COCCOCCOCC(COCCOCCOC)OCCOCCOC)OCCOCCOCCC(COCCOCCOC)OCCOCCOC.CSC. The van der Waals surface area contributed by atoms with Crippen molar-refractivity contribution in [2.24, 2.45) is 0 Å². The van der Waals surface area contributed by atoms with Crippen molar-refractivity contribution < 1.29 is 85.3 Å². The van der Waals surface area contributed by atoms with Gasteiger partial charge in [-0.25, -0.2) is 0 Å². The monoisotopic (exact) mass is 931 g/mol. The minimum Gasteiger partial charge on any atom is -0.382 e. The fourth-order valence-corrected chi connectivity index (χ4v) is 4.41. The first-order valence-corrected chi connectivity index (χ1v) is 22.8. The van der Waals surface area contributed by atoms with Crippen molar-refractivity contribution in [1.29, 1.82) is 0 Å². The van der Waals surface area contributed by atoms with Crippen molar-refractivity contribution in [2.75, 3.05) is 233 Å². The third-order valence-electron chi connectivity index (χ3n) is 7.59. The normalized spacial score (nSPS) is 12.6. The van der Waals surface area contributed by atoms with E-state index in [1.165, 1.54) is 0 Å². The number of hydrogen-bond acceptors (Lipinski definition) is 19. The molecule has 0 aliphatic rings. The van der Waals surface area contributed by atoms with E-state index in [1.807, 2.05) is 12.5 Å². The van der Waals surface area contributed by atoms with Gasteiger partial charge in [-0.3, -0.25) is 0 Å². The van der Waals surface area contributed by atoms with E-state index < -0.39 is 0 Å². The molecule has 0 heterocycles. The summed E-state index contributed by atoms with van der Waals surface area (Å²) < 4.78 is 99.6. The second kappa shape index (κ2) is 62.7. The zero-order valence-corrected chi connectivity index (χ0v) is 39.2. The summed E-state index contributed by atoms with van der Waals surface area (Å²) in [5, 5.41) is 0. The third kappa shape index (κ3) is 57.6. The number of methoxy groups -OCH3 is 4. The lowest BCUT2D eigenvalue weighted by atomic mass is 10.3. The van der Waals surface area contributed by atoms with E-state index in [2.05, 4.69) is 6.92 Å². The van der Waals surface area contributed by atoms with Gasteiger partial charge in [0.2, 0.25) is 0 Å². The van der Waals surface area contributed by atoms with Gasteiger partial charge in [0.05, 0.1) is 197 Å². The van der Waals surface area contributed by atoms with Crippen LogP contribution in [-0.4, -0.2) is 251 Å². The Morgan fingerprint density at radius 2 is 0.516 bits per heavy atom. The van der Waals surface area contributed by atoms with Gasteiger partial charge in [0.25, 0.3) is 0 Å². The van der Waals surface area contributed by atoms with Gasteiger partial charge in [-0.1, -0.05) is 21.8 Å². The van der Waals surface area contributed by atoms with Crippen molar-refractivity contribution in [3.8, 4) is 0 Å². The quantitative estimate of drug-likeness (QED) is 0.0804. The van der Waals surface area contributed by atoms with Crippen LogP contribution >= 0.6 is 11.8 Å². The molecular formula is C43H94O18S. The number of thioether (sulfide) groups is 1. The average Bonchev–Trinajstić information content (AvgIpc) is 3.25. The largest absolute Gasteiger partial charge is 0.382 e. The molecule has 0 aliphatic heterocycles. The summed E-state index contributed by atoms with van der Waals surface area (Å²) in [5.74, 6) is 0. The van der Waals surface area contributed by atoms with Crippen LogP contribution in [0.25, 0.3) is 0 Å². The van der Waals surface area contributed by atoms with Gasteiger partial charge < -0.3 is 85.3 Å². The molecule has 62 heavy (non-hydrogen) atoms. The third-order valence-corrected chi connectivity index (χ3v) is 7.59. The summed E-state index contributed by atoms with van der Waals surface area (Å²) >= 11 is 1.75. The lowest BCUT2D eigenvalue weighted by molar-refractivity contribution is -0.0871. The molecule has 0 rings (SSSR count). The van der Waals surface area contributed by atoms with E-state index in [0.717, 1.165) is 6.42 Å². The molecule has 0 saturated carbocycles. The first-order chi connectivity index (χ1) is 29.6. The van der Waals surface area contributed by atoms with Gasteiger partial charge in [-0.15, -0.1) is 0 Å². The maximum atomic E-state index is 5.95. The highest BCUT2D eigenvalue weighted by molar-refractivity contribution is 7.97. The molecule has 0 N–H and O–H groups in total. The van der Waals surface area contributed by atoms with E-state index in [9.17, 15) is 0 Å². The van der Waals surface area contributed by atoms with Crippen molar-refractivity contribution in [3.63, 3.8) is 0 Å². The molecule has 3 atom stereocenters. The molecule has 0 saturated heterocycles. The molecule has 0 aromatic rings. The number of rotatable bonds is 51. The fourth-order valence-electron chi connectivity index (χ4n) is 4.41. The Labute approximate surface area is 381 Å². The highest BCUT2D eigenvalue weighted by atomic mass is 32.2. The first-order valence-electron chi connectivity index (χ1n) is 21.2. The van der Waals surface area contributed by atoms with Gasteiger partial charge in [-0.05, 0) is 25.4 Å². The molecular weight excluding hydrogens is 837 g/mol. The Bertz CT molecular complexity index is 699. The van der Waals surface area contributed by atoms with Crippen LogP contribution in [0.1, 0.15) is 34.6 Å². The zero-order chi connectivity index (χ0) is 44.1.